The number of piperidine rings is 1. The van der Waals surface area contributed by atoms with E-state index in [4.69, 9.17) is 5.73 Å². The molecule has 2 rings (SSSR count). The van der Waals surface area contributed by atoms with Crippen LogP contribution in [0, 0.1) is 16.0 Å². The molecule has 2 atom stereocenters. The monoisotopic (exact) mass is 328 g/mol. The quantitative estimate of drug-likeness (QED) is 0.679. The SMILES string of the molecule is CC1CCC(CN)CN1c1ncc([N+](=O)[O-])cc1Br. The lowest BCUT2D eigenvalue weighted by molar-refractivity contribution is -0.385. The van der Waals surface area contributed by atoms with E-state index in [0.29, 0.717) is 23.0 Å². The second-order valence-electron chi connectivity index (χ2n) is 4.94. The highest BCUT2D eigenvalue weighted by molar-refractivity contribution is 9.10. The molecule has 0 saturated carbocycles. The highest BCUT2D eigenvalue weighted by Gasteiger charge is 2.27. The maximum Gasteiger partial charge on any atom is 0.288 e. The predicted molar refractivity (Wildman–Crippen MR) is 77.2 cm³/mol. The van der Waals surface area contributed by atoms with E-state index in [1.54, 1.807) is 0 Å². The summed E-state index contributed by atoms with van der Waals surface area (Å²) in [5, 5.41) is 10.7. The molecular weight excluding hydrogens is 312 g/mol. The average Bonchev–Trinajstić information content (AvgIpc) is 2.39. The van der Waals surface area contributed by atoms with Crippen LogP contribution in [0.3, 0.4) is 0 Å². The van der Waals surface area contributed by atoms with Crippen molar-refractivity contribution in [1.82, 2.24) is 4.98 Å². The number of nitrogens with zero attached hydrogens (tertiary/aromatic N) is 3. The fourth-order valence-corrected chi connectivity index (χ4v) is 2.97. The molecule has 1 aliphatic heterocycles. The third-order valence-corrected chi connectivity index (χ3v) is 4.19. The zero-order valence-electron chi connectivity index (χ0n) is 10.8. The molecule has 1 aromatic heterocycles. The first-order chi connectivity index (χ1) is 9.02. The van der Waals surface area contributed by atoms with Crippen molar-refractivity contribution >= 4 is 27.4 Å². The van der Waals surface area contributed by atoms with Gasteiger partial charge in [-0.25, -0.2) is 4.98 Å². The van der Waals surface area contributed by atoms with Crippen LogP contribution in [0.1, 0.15) is 19.8 Å². The fourth-order valence-electron chi connectivity index (χ4n) is 2.40. The van der Waals surface area contributed by atoms with Gasteiger partial charge in [0, 0.05) is 18.7 Å². The minimum absolute atomic E-state index is 0.00402. The Morgan fingerprint density at radius 2 is 2.37 bits per heavy atom. The number of hydrogen-bond acceptors (Lipinski definition) is 5. The molecule has 0 bridgehead atoms. The number of rotatable bonds is 3. The Hall–Kier alpha value is -1.21. The first-order valence-corrected chi connectivity index (χ1v) is 7.09. The third kappa shape index (κ3) is 3.03. The Morgan fingerprint density at radius 1 is 1.63 bits per heavy atom. The smallest absolute Gasteiger partial charge is 0.288 e. The Bertz CT molecular complexity index is 483. The zero-order valence-corrected chi connectivity index (χ0v) is 12.3. The molecule has 0 aromatic carbocycles. The minimum Gasteiger partial charge on any atom is -0.353 e. The van der Waals surface area contributed by atoms with Crippen molar-refractivity contribution in [1.29, 1.82) is 0 Å². The Balaban J connectivity index is 2.27. The number of anilines is 1. The molecule has 19 heavy (non-hydrogen) atoms. The predicted octanol–water partition coefficient (Wildman–Crippen LogP) is 2.32. The average molecular weight is 329 g/mol. The van der Waals surface area contributed by atoms with Gasteiger partial charge < -0.3 is 10.6 Å². The van der Waals surface area contributed by atoms with E-state index in [2.05, 4.69) is 32.7 Å². The summed E-state index contributed by atoms with van der Waals surface area (Å²) in [6, 6.07) is 1.87. The van der Waals surface area contributed by atoms with Gasteiger partial charge >= 0.3 is 0 Å². The van der Waals surface area contributed by atoms with Crippen molar-refractivity contribution in [3.8, 4) is 0 Å². The van der Waals surface area contributed by atoms with Gasteiger partial charge in [-0.05, 0) is 48.2 Å². The Morgan fingerprint density at radius 3 is 2.95 bits per heavy atom. The summed E-state index contributed by atoms with van der Waals surface area (Å²) < 4.78 is 0.659. The third-order valence-electron chi connectivity index (χ3n) is 3.60. The van der Waals surface area contributed by atoms with Crippen LogP contribution in [0.25, 0.3) is 0 Å². The minimum atomic E-state index is -0.441. The molecule has 1 aromatic rings. The lowest BCUT2D eigenvalue weighted by atomic mass is 9.93. The van der Waals surface area contributed by atoms with Crippen molar-refractivity contribution < 1.29 is 4.92 Å². The lowest BCUT2D eigenvalue weighted by Crippen LogP contribution is -2.44. The molecule has 0 amide bonds. The van der Waals surface area contributed by atoms with E-state index in [1.807, 2.05) is 0 Å². The van der Waals surface area contributed by atoms with Crippen LogP contribution in [0.4, 0.5) is 11.5 Å². The lowest BCUT2D eigenvalue weighted by Gasteiger charge is -2.38. The molecular formula is C12H17BrN4O2. The summed E-state index contributed by atoms with van der Waals surface area (Å²) in [4.78, 5) is 16.7. The first kappa shape index (κ1) is 14.2. The molecule has 0 spiro atoms. The molecule has 2 unspecified atom stereocenters. The van der Waals surface area contributed by atoms with E-state index < -0.39 is 4.92 Å². The molecule has 2 heterocycles. The van der Waals surface area contributed by atoms with Crippen LogP contribution < -0.4 is 10.6 Å². The molecule has 7 heteroatoms. The van der Waals surface area contributed by atoms with Gasteiger partial charge in [0.1, 0.15) is 12.0 Å². The summed E-state index contributed by atoms with van der Waals surface area (Å²) >= 11 is 3.38. The van der Waals surface area contributed by atoms with Crippen LogP contribution in [0.2, 0.25) is 0 Å². The number of halogens is 1. The van der Waals surface area contributed by atoms with Crippen molar-refractivity contribution in [2.45, 2.75) is 25.8 Å². The highest BCUT2D eigenvalue weighted by atomic mass is 79.9. The Kier molecular flexibility index (Phi) is 4.36. The highest BCUT2D eigenvalue weighted by Crippen LogP contribution is 2.32. The summed E-state index contributed by atoms with van der Waals surface area (Å²) in [6.45, 7) is 3.65. The number of nitro groups is 1. The van der Waals surface area contributed by atoms with Gasteiger partial charge in [-0.1, -0.05) is 0 Å². The van der Waals surface area contributed by atoms with Crippen LogP contribution >= 0.6 is 15.9 Å². The van der Waals surface area contributed by atoms with E-state index in [0.717, 1.165) is 25.2 Å². The van der Waals surface area contributed by atoms with E-state index in [1.165, 1.54) is 12.3 Å². The number of hydrogen-bond donors (Lipinski definition) is 1. The van der Waals surface area contributed by atoms with Crippen LogP contribution in [-0.2, 0) is 0 Å². The van der Waals surface area contributed by atoms with Crippen LogP contribution in [0.5, 0.6) is 0 Å². The topological polar surface area (TPSA) is 85.3 Å². The molecule has 1 aliphatic rings. The van der Waals surface area contributed by atoms with Crippen LogP contribution in [0.15, 0.2) is 16.7 Å². The summed E-state index contributed by atoms with van der Waals surface area (Å²) in [5.41, 5.74) is 5.74. The number of nitrogens with two attached hydrogens (primary N) is 1. The van der Waals surface area contributed by atoms with Crippen molar-refractivity contribution in [2.24, 2.45) is 11.7 Å². The normalized spacial score (nSPS) is 23.4. The molecule has 2 N–H and O–H groups in total. The molecule has 1 fully saturated rings. The van der Waals surface area contributed by atoms with E-state index >= 15 is 0 Å². The molecule has 104 valence electrons. The van der Waals surface area contributed by atoms with Gasteiger partial charge in [0.15, 0.2) is 0 Å². The van der Waals surface area contributed by atoms with Gasteiger partial charge in [0.2, 0.25) is 0 Å². The number of pyridine rings is 1. The standard InChI is InChI=1S/C12H17BrN4O2/c1-8-2-3-9(5-14)7-16(8)12-11(13)4-10(6-15-12)17(18)19/h4,6,8-9H,2-3,5,7,14H2,1H3. The van der Waals surface area contributed by atoms with Crippen molar-refractivity contribution in [3.63, 3.8) is 0 Å². The van der Waals surface area contributed by atoms with Gasteiger partial charge in [-0.2, -0.15) is 0 Å². The first-order valence-electron chi connectivity index (χ1n) is 6.29. The van der Waals surface area contributed by atoms with Gasteiger partial charge in [-0.15, -0.1) is 0 Å². The molecule has 0 radical (unpaired) electrons. The maximum absolute atomic E-state index is 10.7. The maximum atomic E-state index is 10.7. The van der Waals surface area contributed by atoms with Gasteiger partial charge in [-0.3, -0.25) is 10.1 Å². The van der Waals surface area contributed by atoms with E-state index in [-0.39, 0.29) is 5.69 Å². The van der Waals surface area contributed by atoms with E-state index in [9.17, 15) is 10.1 Å². The van der Waals surface area contributed by atoms with Crippen LogP contribution in [-0.4, -0.2) is 29.0 Å². The number of aromatic nitrogens is 1. The summed E-state index contributed by atoms with van der Waals surface area (Å²) in [5.74, 6) is 1.22. The molecule has 1 saturated heterocycles. The summed E-state index contributed by atoms with van der Waals surface area (Å²) in [6.07, 6.45) is 3.49. The largest absolute Gasteiger partial charge is 0.353 e. The zero-order chi connectivity index (χ0) is 14.0. The van der Waals surface area contributed by atoms with Gasteiger partial charge in [0.05, 0.1) is 9.40 Å². The van der Waals surface area contributed by atoms with Crippen molar-refractivity contribution in [3.05, 3.63) is 26.9 Å². The molecule has 6 nitrogen and oxygen atoms in total. The van der Waals surface area contributed by atoms with Gasteiger partial charge in [0.25, 0.3) is 5.69 Å². The van der Waals surface area contributed by atoms with Crippen molar-refractivity contribution in [2.75, 3.05) is 18.0 Å². The molecule has 0 aliphatic carbocycles. The second-order valence-corrected chi connectivity index (χ2v) is 5.79. The second kappa shape index (κ2) is 5.83. The fraction of sp³-hybridized carbons (Fsp3) is 0.583. The Labute approximate surface area is 120 Å². The summed E-state index contributed by atoms with van der Waals surface area (Å²) in [7, 11) is 0.